The van der Waals surface area contributed by atoms with Gasteiger partial charge in [0.2, 0.25) is 0 Å². The van der Waals surface area contributed by atoms with E-state index >= 15 is 0 Å². The maximum absolute atomic E-state index is 14.6. The smallest absolute Gasteiger partial charge is 0.309 e. The summed E-state index contributed by atoms with van der Waals surface area (Å²) in [4.78, 5) is 21.5. The van der Waals surface area contributed by atoms with E-state index in [1.807, 2.05) is 11.0 Å². The van der Waals surface area contributed by atoms with Gasteiger partial charge in [-0.1, -0.05) is 0 Å². The second-order valence-electron chi connectivity index (χ2n) is 11.6. The van der Waals surface area contributed by atoms with Crippen LogP contribution < -0.4 is 10.2 Å². The number of carboxylic acid groups (broad SMARTS) is 1. The number of halogens is 1. The predicted octanol–water partition coefficient (Wildman–Crippen LogP) is 3.35. The van der Waals surface area contributed by atoms with Crippen molar-refractivity contribution in [2.45, 2.75) is 57.5 Å². The van der Waals surface area contributed by atoms with Crippen molar-refractivity contribution >= 4 is 17.5 Å². The topological polar surface area (TPSA) is 116 Å². The summed E-state index contributed by atoms with van der Waals surface area (Å²) in [5, 5.41) is 31.4. The lowest BCUT2D eigenvalue weighted by Gasteiger charge is -2.57. The number of benzene rings is 1. The van der Waals surface area contributed by atoms with E-state index in [1.54, 1.807) is 12.1 Å². The third-order valence-corrected chi connectivity index (χ3v) is 9.20. The number of piperazine rings is 1. The molecule has 190 valence electrons. The summed E-state index contributed by atoms with van der Waals surface area (Å²) in [6.07, 6.45) is 6.28. The molecule has 0 aromatic heterocycles. The lowest BCUT2D eigenvalue weighted by atomic mass is 9.48. The highest BCUT2D eigenvalue weighted by atomic mass is 19.1. The number of aliphatic imine (C=N–C) groups is 1. The van der Waals surface area contributed by atoms with Gasteiger partial charge >= 0.3 is 5.97 Å². The van der Waals surface area contributed by atoms with E-state index in [-0.39, 0.29) is 17.9 Å². The normalized spacial score (nSPS) is 32.1. The van der Waals surface area contributed by atoms with Gasteiger partial charge in [-0.3, -0.25) is 20.0 Å². The number of hydrogen-bond donors (Lipinski definition) is 2. The molecule has 0 amide bonds. The van der Waals surface area contributed by atoms with Crippen LogP contribution in [0, 0.1) is 51.8 Å². The van der Waals surface area contributed by atoms with Gasteiger partial charge < -0.3 is 10.0 Å². The van der Waals surface area contributed by atoms with Gasteiger partial charge in [-0.05, 0) is 81.9 Å². The van der Waals surface area contributed by atoms with E-state index in [0.29, 0.717) is 62.0 Å². The third-order valence-electron chi connectivity index (χ3n) is 9.20. The molecule has 1 aromatic carbocycles. The van der Waals surface area contributed by atoms with Crippen molar-refractivity contribution in [2.75, 3.05) is 31.1 Å². The van der Waals surface area contributed by atoms with Crippen molar-refractivity contribution in [3.05, 3.63) is 29.6 Å². The van der Waals surface area contributed by atoms with Gasteiger partial charge in [0, 0.05) is 26.2 Å². The molecule has 4 bridgehead atoms. The van der Waals surface area contributed by atoms with Crippen LogP contribution >= 0.6 is 0 Å². The zero-order valence-electron chi connectivity index (χ0n) is 20.9. The Kier molecular flexibility index (Phi) is 6.16. The zero-order valence-corrected chi connectivity index (χ0v) is 20.9. The Morgan fingerprint density at radius 2 is 1.83 bits per heavy atom. The highest BCUT2D eigenvalue weighted by Crippen LogP contribution is 2.61. The number of nitrogens with zero attached hydrogens (tertiary/aromatic N) is 5. The van der Waals surface area contributed by atoms with E-state index in [1.165, 1.54) is 6.07 Å². The molecule has 2 N–H and O–H groups in total. The Labute approximate surface area is 211 Å². The largest absolute Gasteiger partial charge is 0.481 e. The molecule has 4 saturated carbocycles. The molecule has 2 atom stereocenters. The van der Waals surface area contributed by atoms with Crippen LogP contribution in [0.25, 0.3) is 0 Å². The van der Waals surface area contributed by atoms with Crippen LogP contribution in [-0.2, 0) is 4.79 Å². The van der Waals surface area contributed by atoms with Gasteiger partial charge in [0.15, 0.2) is 6.19 Å². The number of nitriles is 2. The average Bonchev–Trinajstić information content (AvgIpc) is 2.85. The summed E-state index contributed by atoms with van der Waals surface area (Å²) in [6, 6.07) is 6.57. The molecule has 2 unspecified atom stereocenters. The Bertz CT molecular complexity index is 1140. The molecule has 1 heterocycles. The van der Waals surface area contributed by atoms with Crippen molar-refractivity contribution in [1.29, 1.82) is 10.5 Å². The highest BCUT2D eigenvalue weighted by Gasteiger charge is 2.59. The summed E-state index contributed by atoms with van der Waals surface area (Å²) in [5.41, 5.74) is -0.322. The molecule has 9 heteroatoms. The fourth-order valence-electron chi connectivity index (χ4n) is 7.50. The second-order valence-corrected chi connectivity index (χ2v) is 11.6. The summed E-state index contributed by atoms with van der Waals surface area (Å²) in [6.45, 7) is 6.68. The summed E-state index contributed by atoms with van der Waals surface area (Å²) >= 11 is 0. The van der Waals surface area contributed by atoms with E-state index in [9.17, 15) is 19.6 Å². The summed E-state index contributed by atoms with van der Waals surface area (Å²) in [5.74, 6) is 0.545. The minimum absolute atomic E-state index is 0.0400. The van der Waals surface area contributed by atoms with Gasteiger partial charge in [0.05, 0.1) is 34.3 Å². The van der Waals surface area contributed by atoms with Crippen LogP contribution in [0.15, 0.2) is 23.2 Å². The van der Waals surface area contributed by atoms with E-state index in [4.69, 9.17) is 10.3 Å². The molecule has 6 rings (SSSR count). The highest BCUT2D eigenvalue weighted by molar-refractivity contribution is 5.92. The van der Waals surface area contributed by atoms with Crippen LogP contribution in [0.1, 0.15) is 51.5 Å². The molecule has 0 spiro atoms. The molecule has 1 saturated heterocycles. The molecular weight excluding hydrogens is 459 g/mol. The number of aliphatic carboxylic acids is 1. The van der Waals surface area contributed by atoms with Crippen LogP contribution in [-0.4, -0.2) is 59.6 Å². The molecule has 1 aromatic rings. The molecule has 0 radical (unpaired) electrons. The van der Waals surface area contributed by atoms with E-state index in [2.05, 4.69) is 30.3 Å². The first-order chi connectivity index (χ1) is 17.2. The number of hydrogen-bond acceptors (Lipinski definition) is 6. The average molecular weight is 493 g/mol. The van der Waals surface area contributed by atoms with Crippen molar-refractivity contribution in [3.63, 3.8) is 0 Å². The van der Waals surface area contributed by atoms with Crippen molar-refractivity contribution in [2.24, 2.45) is 28.2 Å². The first-order valence-corrected chi connectivity index (χ1v) is 12.8. The van der Waals surface area contributed by atoms with Crippen LogP contribution in [0.5, 0.6) is 0 Å². The lowest BCUT2D eigenvalue weighted by Crippen LogP contribution is -2.61. The van der Waals surface area contributed by atoms with Gasteiger partial charge in [-0.15, -0.1) is 0 Å². The van der Waals surface area contributed by atoms with Crippen molar-refractivity contribution < 1.29 is 14.3 Å². The zero-order chi connectivity index (χ0) is 25.7. The lowest BCUT2D eigenvalue weighted by molar-refractivity contribution is -0.166. The Morgan fingerprint density at radius 1 is 1.17 bits per heavy atom. The maximum Gasteiger partial charge on any atom is 0.309 e. The molecule has 5 fully saturated rings. The maximum atomic E-state index is 14.6. The summed E-state index contributed by atoms with van der Waals surface area (Å²) in [7, 11) is 0. The number of carbonyl (C=O) groups is 1. The Balaban J connectivity index is 1.32. The number of rotatable bonds is 5. The van der Waals surface area contributed by atoms with Gasteiger partial charge in [0.25, 0.3) is 0 Å². The number of nitrogens with one attached hydrogen (secondary N) is 1. The van der Waals surface area contributed by atoms with E-state index in [0.717, 1.165) is 19.3 Å². The molecule has 8 nitrogen and oxygen atoms in total. The van der Waals surface area contributed by atoms with Crippen LogP contribution in [0.2, 0.25) is 0 Å². The molecule has 5 aliphatic rings. The molecule has 36 heavy (non-hydrogen) atoms. The quantitative estimate of drug-likeness (QED) is 0.280. The fourth-order valence-corrected chi connectivity index (χ4v) is 7.50. The minimum Gasteiger partial charge on any atom is -0.481 e. The predicted molar refractivity (Wildman–Crippen MR) is 133 cm³/mol. The third kappa shape index (κ3) is 4.10. The van der Waals surface area contributed by atoms with Crippen LogP contribution in [0.4, 0.5) is 10.1 Å². The second kappa shape index (κ2) is 9.05. The molecule has 1 aliphatic heterocycles. The monoisotopic (exact) mass is 492 g/mol. The SMILES string of the molecule is CC(C)(C(=NC1C2CC3CC1CC(C(=O)O)(C3)C2)NC#N)N1CCN(c2ccc(C#N)cc2F)CC1. The number of anilines is 1. The first-order valence-electron chi connectivity index (χ1n) is 12.8. The van der Waals surface area contributed by atoms with Crippen molar-refractivity contribution in [3.8, 4) is 12.3 Å². The first kappa shape index (κ1) is 24.5. The minimum atomic E-state index is -0.656. The Hall–Kier alpha value is -3.17. The number of amidine groups is 1. The Morgan fingerprint density at radius 3 is 2.39 bits per heavy atom. The van der Waals surface area contributed by atoms with E-state index < -0.39 is 22.7 Å². The standard InChI is InChI=1S/C27H33FN6O2/c1-26(2,34-7-5-33(6-8-34)22-4-3-17(15-29)11-21(22)28)24(31-16-30)32-23-19-9-18-10-20(23)14-27(12-18,13-19)25(35)36/h3-4,11,18-20,23H,5-10,12-14H2,1-2H3,(H,31,32)(H,35,36). The van der Waals surface area contributed by atoms with Crippen molar-refractivity contribution in [1.82, 2.24) is 10.2 Å². The molecular formula is C27H33FN6O2. The van der Waals surface area contributed by atoms with Gasteiger partial charge in [0.1, 0.15) is 11.7 Å². The fraction of sp³-hybridized carbons (Fsp3) is 0.630. The number of carboxylic acids is 1. The summed E-state index contributed by atoms with van der Waals surface area (Å²) < 4.78 is 14.6. The van der Waals surface area contributed by atoms with Crippen LogP contribution in [0.3, 0.4) is 0 Å². The molecule has 4 aliphatic carbocycles. The van der Waals surface area contributed by atoms with Gasteiger partial charge in [-0.25, -0.2) is 4.39 Å². The van der Waals surface area contributed by atoms with Gasteiger partial charge in [-0.2, -0.15) is 10.5 Å².